The third-order valence-corrected chi connectivity index (χ3v) is 10.3. The zero-order valence-corrected chi connectivity index (χ0v) is 28.4. The molecule has 1 aliphatic rings. The van der Waals surface area contributed by atoms with Crippen LogP contribution in [0.4, 0.5) is 5.69 Å². The van der Waals surface area contributed by atoms with E-state index >= 15 is 0 Å². The summed E-state index contributed by atoms with van der Waals surface area (Å²) in [6.45, 7) is 16.2. The van der Waals surface area contributed by atoms with Gasteiger partial charge in [0.2, 0.25) is 0 Å². The van der Waals surface area contributed by atoms with Gasteiger partial charge in [-0.2, -0.15) is 8.42 Å². The van der Waals surface area contributed by atoms with Crippen LogP contribution >= 0.6 is 0 Å². The lowest BCUT2D eigenvalue weighted by Crippen LogP contribution is -2.27. The minimum atomic E-state index is -3.98. The number of hydrogen-bond donors (Lipinski definition) is 1. The van der Waals surface area contributed by atoms with Crippen LogP contribution in [0.25, 0.3) is 21.5 Å². The summed E-state index contributed by atoms with van der Waals surface area (Å²) in [4.78, 5) is 2.33. The molecule has 0 aliphatic carbocycles. The highest BCUT2D eigenvalue weighted by atomic mass is 32.2. The van der Waals surface area contributed by atoms with Gasteiger partial charge in [-0.25, -0.2) is 0 Å². The van der Waals surface area contributed by atoms with E-state index in [1.807, 2.05) is 30.4 Å². The largest absolute Gasteiger partial charge is 0.343 e. The summed E-state index contributed by atoms with van der Waals surface area (Å²) in [5.74, 6) is -0.227. The maximum Gasteiger partial charge on any atom is 0.264 e. The predicted octanol–water partition coefficient (Wildman–Crippen LogP) is 10.2. The molecule has 1 heterocycles. The number of unbranched alkanes of at least 4 members (excludes halogenated alkanes) is 1. The van der Waals surface area contributed by atoms with E-state index in [0.29, 0.717) is 19.4 Å². The van der Waals surface area contributed by atoms with Gasteiger partial charge in [0.25, 0.3) is 10.1 Å². The molecule has 1 aliphatic heterocycles. The van der Waals surface area contributed by atoms with Gasteiger partial charge in [-0.3, -0.25) is 4.55 Å². The predicted molar refractivity (Wildman–Crippen MR) is 196 cm³/mol. The van der Waals surface area contributed by atoms with Gasteiger partial charge in [-0.15, -0.1) is 0 Å². The van der Waals surface area contributed by atoms with Gasteiger partial charge in [0.15, 0.2) is 0 Å². The molecule has 0 saturated heterocycles. The van der Waals surface area contributed by atoms with Crippen molar-refractivity contribution in [2.45, 2.75) is 58.3 Å². The molecule has 4 aromatic rings. The monoisotopic (exact) mass is 631 g/mol. The Morgan fingerprint density at radius 2 is 1.46 bits per heavy atom. The second-order valence-corrected chi connectivity index (χ2v) is 14.8. The number of hydrogen-bond acceptors (Lipinski definition) is 3. The van der Waals surface area contributed by atoms with Crippen LogP contribution in [0.5, 0.6) is 0 Å². The van der Waals surface area contributed by atoms with Crippen LogP contribution in [-0.2, 0) is 20.9 Å². The zero-order valence-electron chi connectivity index (χ0n) is 27.6. The first-order chi connectivity index (χ1) is 21.8. The minimum absolute atomic E-state index is 0.212. The highest BCUT2D eigenvalue weighted by Gasteiger charge is 2.40. The molecule has 46 heavy (non-hydrogen) atoms. The number of aryl methyl sites for hydroxylation is 1. The summed E-state index contributed by atoms with van der Waals surface area (Å²) >= 11 is 0. The molecule has 0 atom stereocenters. The zero-order chi connectivity index (χ0) is 33.1. The van der Waals surface area contributed by atoms with E-state index < -0.39 is 10.1 Å². The molecule has 0 amide bonds. The van der Waals surface area contributed by atoms with Crippen molar-refractivity contribution in [1.82, 2.24) is 0 Å². The molecule has 0 bridgehead atoms. The summed E-state index contributed by atoms with van der Waals surface area (Å²) in [6, 6.07) is 25.7. The first kappa shape index (κ1) is 33.2. The molecule has 4 aromatic carbocycles. The summed E-state index contributed by atoms with van der Waals surface area (Å²) in [6.07, 6.45) is 15.5. The molecule has 0 unspecified atom stereocenters. The van der Waals surface area contributed by atoms with E-state index in [-0.39, 0.29) is 16.6 Å². The van der Waals surface area contributed by atoms with Crippen molar-refractivity contribution in [2.75, 3.05) is 17.2 Å². The third-order valence-electron chi connectivity index (χ3n) is 9.48. The Morgan fingerprint density at radius 3 is 2.17 bits per heavy atom. The normalized spacial score (nSPS) is 16.1. The fourth-order valence-electron chi connectivity index (χ4n) is 6.73. The second kappa shape index (κ2) is 13.3. The number of nitrogens with zero attached hydrogens (tertiary/aromatic N) is 1. The quantitative estimate of drug-likeness (QED) is 0.102. The molecular weight excluding hydrogens is 587 g/mol. The van der Waals surface area contributed by atoms with E-state index in [1.54, 1.807) is 0 Å². The fourth-order valence-corrected chi connectivity index (χ4v) is 7.30. The number of rotatable bonds is 11. The van der Waals surface area contributed by atoms with Gasteiger partial charge < -0.3 is 4.90 Å². The molecule has 238 valence electrons. The van der Waals surface area contributed by atoms with Crippen molar-refractivity contribution in [3.8, 4) is 0 Å². The van der Waals surface area contributed by atoms with Crippen LogP contribution in [0.3, 0.4) is 0 Å². The van der Waals surface area contributed by atoms with Crippen molar-refractivity contribution in [1.29, 1.82) is 0 Å². The van der Waals surface area contributed by atoms with Crippen molar-refractivity contribution in [2.24, 2.45) is 0 Å². The van der Waals surface area contributed by atoms with Crippen LogP contribution in [0, 0.1) is 6.92 Å². The van der Waals surface area contributed by atoms with Crippen LogP contribution < -0.4 is 4.90 Å². The highest BCUT2D eigenvalue weighted by molar-refractivity contribution is 7.85. The van der Waals surface area contributed by atoms with Gasteiger partial charge in [0.1, 0.15) is 0 Å². The Morgan fingerprint density at radius 1 is 0.848 bits per heavy atom. The molecular formula is C41H45NO3S. The maximum atomic E-state index is 11.3. The number of anilines is 1. The van der Waals surface area contributed by atoms with Crippen LogP contribution in [-0.4, -0.2) is 25.3 Å². The SMILES string of the molecule is C=C(/C=C/C=C/C=C/C=C1/N(CCCCS(=O)(=O)O)c2c(ccc3ccccc23)C1(C)C)C(C)(C)c1ccc2ccccc2c1C. The first-order valence-electron chi connectivity index (χ1n) is 16.0. The lowest BCUT2D eigenvalue weighted by molar-refractivity contribution is 0.480. The smallest absolute Gasteiger partial charge is 0.264 e. The van der Waals surface area contributed by atoms with Crippen LogP contribution in [0.1, 0.15) is 57.2 Å². The first-order valence-corrected chi connectivity index (χ1v) is 17.6. The fraction of sp³-hybridized carbons (Fsp3) is 0.268. The van der Waals surface area contributed by atoms with Gasteiger partial charge in [-0.1, -0.05) is 144 Å². The topological polar surface area (TPSA) is 57.6 Å². The van der Waals surface area contributed by atoms with E-state index in [0.717, 1.165) is 11.3 Å². The molecule has 0 spiro atoms. The van der Waals surface area contributed by atoms with E-state index in [2.05, 4.69) is 131 Å². The molecule has 0 fully saturated rings. The van der Waals surface area contributed by atoms with Crippen LogP contribution in [0.2, 0.25) is 0 Å². The average molecular weight is 632 g/mol. The van der Waals surface area contributed by atoms with Crippen LogP contribution in [0.15, 0.2) is 133 Å². The van der Waals surface area contributed by atoms with Gasteiger partial charge in [0, 0.05) is 28.5 Å². The van der Waals surface area contributed by atoms with Gasteiger partial charge in [0.05, 0.1) is 11.4 Å². The van der Waals surface area contributed by atoms with Crippen molar-refractivity contribution in [3.63, 3.8) is 0 Å². The lowest BCUT2D eigenvalue weighted by Gasteiger charge is -2.29. The standard InChI is InChI=1S/C41H45NO3S/c1-30(40(3,4)36-26-24-32-19-12-14-21-34(32)31(36)2)18-10-8-7-9-11-23-38-41(5,6)37-27-25-33-20-13-15-22-35(33)39(37)42(38)28-16-17-29-46(43,44)45/h7-15,18-27H,1,16-17,28-29H2,2-6H3,(H,43,44,45)/b8-7+,11-9+,18-10+,38-23+. The highest BCUT2D eigenvalue weighted by Crippen LogP contribution is 2.50. The molecule has 1 N–H and O–H groups in total. The van der Waals surface area contributed by atoms with E-state index in [9.17, 15) is 13.0 Å². The minimum Gasteiger partial charge on any atom is -0.343 e. The maximum absolute atomic E-state index is 11.3. The molecule has 0 aromatic heterocycles. The summed E-state index contributed by atoms with van der Waals surface area (Å²) in [5, 5.41) is 4.89. The average Bonchev–Trinajstić information content (AvgIpc) is 3.23. The second-order valence-electron chi connectivity index (χ2n) is 13.2. The van der Waals surface area contributed by atoms with E-state index in [4.69, 9.17) is 0 Å². The molecule has 5 rings (SSSR count). The molecule has 4 nitrogen and oxygen atoms in total. The number of benzene rings is 4. The van der Waals surface area contributed by atoms with Gasteiger partial charge >= 0.3 is 0 Å². The molecule has 5 heteroatoms. The third kappa shape index (κ3) is 6.81. The van der Waals surface area contributed by atoms with Gasteiger partial charge in [-0.05, 0) is 64.3 Å². The molecule has 0 saturated carbocycles. The van der Waals surface area contributed by atoms with Crippen molar-refractivity contribution < 1.29 is 13.0 Å². The Bertz CT molecular complexity index is 2010. The Labute approximate surface area is 274 Å². The number of allylic oxidation sites excluding steroid dienone is 9. The Balaban J connectivity index is 1.33. The summed E-state index contributed by atoms with van der Waals surface area (Å²) < 4.78 is 31.9. The summed E-state index contributed by atoms with van der Waals surface area (Å²) in [5.41, 5.74) is 6.76. The van der Waals surface area contributed by atoms with Crippen molar-refractivity contribution >= 4 is 37.4 Å². The van der Waals surface area contributed by atoms with Crippen molar-refractivity contribution in [3.05, 3.63) is 150 Å². The summed E-state index contributed by atoms with van der Waals surface area (Å²) in [7, 11) is -3.98. The Hall–Kier alpha value is -4.19. The molecule has 0 radical (unpaired) electrons. The Kier molecular flexibility index (Phi) is 9.57. The number of fused-ring (bicyclic) bond motifs is 4. The lowest BCUT2D eigenvalue weighted by atomic mass is 9.75. The van der Waals surface area contributed by atoms with E-state index in [1.165, 1.54) is 43.9 Å².